The minimum absolute atomic E-state index is 0.380. The molecular weight excluding hydrogens is 232 g/mol. The van der Waals surface area contributed by atoms with Gasteiger partial charge in [0.05, 0.1) is 0 Å². The summed E-state index contributed by atoms with van der Waals surface area (Å²) in [5, 5.41) is 3.61. The predicted octanol–water partition coefficient (Wildman–Crippen LogP) is 3.98. The second-order valence-electron chi connectivity index (χ2n) is 5.15. The van der Waals surface area contributed by atoms with E-state index in [2.05, 4.69) is 74.0 Å². The molecule has 0 saturated heterocycles. The Morgan fingerprint density at radius 3 is 2.42 bits per heavy atom. The molecule has 2 rings (SSSR count). The third-order valence-electron chi connectivity index (χ3n) is 3.89. The van der Waals surface area contributed by atoms with E-state index in [0.29, 0.717) is 6.04 Å². The van der Waals surface area contributed by atoms with Crippen LogP contribution in [-0.4, -0.2) is 4.57 Å². The van der Waals surface area contributed by atoms with Gasteiger partial charge in [0.25, 0.3) is 0 Å². The molecule has 102 valence electrons. The Morgan fingerprint density at radius 1 is 1.16 bits per heavy atom. The van der Waals surface area contributed by atoms with Crippen LogP contribution in [0.2, 0.25) is 0 Å². The van der Waals surface area contributed by atoms with E-state index in [4.69, 9.17) is 0 Å². The highest BCUT2D eigenvalue weighted by Crippen LogP contribution is 2.17. The average molecular weight is 256 g/mol. The van der Waals surface area contributed by atoms with Crippen LogP contribution in [0, 0.1) is 13.8 Å². The SMILES string of the molecule is CCn1c(C)cc(CN[C@H](C)c2ccccc2)c1C. The van der Waals surface area contributed by atoms with Crippen LogP contribution in [0.1, 0.15) is 42.4 Å². The third kappa shape index (κ3) is 3.07. The number of rotatable bonds is 5. The van der Waals surface area contributed by atoms with E-state index in [9.17, 15) is 0 Å². The summed E-state index contributed by atoms with van der Waals surface area (Å²) < 4.78 is 2.37. The molecule has 0 radical (unpaired) electrons. The van der Waals surface area contributed by atoms with Gasteiger partial charge in [-0.05, 0) is 44.9 Å². The normalized spacial score (nSPS) is 12.6. The summed E-state index contributed by atoms with van der Waals surface area (Å²) in [6, 6.07) is 13.3. The Morgan fingerprint density at radius 2 is 1.84 bits per heavy atom. The van der Waals surface area contributed by atoms with Gasteiger partial charge in [-0.15, -0.1) is 0 Å². The van der Waals surface area contributed by atoms with Gasteiger partial charge in [-0.25, -0.2) is 0 Å². The van der Waals surface area contributed by atoms with Crippen molar-refractivity contribution >= 4 is 0 Å². The van der Waals surface area contributed by atoms with E-state index in [0.717, 1.165) is 13.1 Å². The summed E-state index contributed by atoms with van der Waals surface area (Å²) in [6.45, 7) is 10.8. The van der Waals surface area contributed by atoms with Crippen molar-refractivity contribution in [1.29, 1.82) is 0 Å². The summed E-state index contributed by atoms with van der Waals surface area (Å²) in [5.74, 6) is 0. The monoisotopic (exact) mass is 256 g/mol. The molecule has 1 aromatic carbocycles. The molecule has 0 aliphatic carbocycles. The Bertz CT molecular complexity index is 526. The number of hydrogen-bond donors (Lipinski definition) is 1. The first-order chi connectivity index (χ1) is 9.13. The fourth-order valence-corrected chi connectivity index (χ4v) is 2.66. The van der Waals surface area contributed by atoms with Gasteiger partial charge in [-0.3, -0.25) is 0 Å². The lowest BCUT2D eigenvalue weighted by atomic mass is 10.1. The van der Waals surface area contributed by atoms with E-state index < -0.39 is 0 Å². The van der Waals surface area contributed by atoms with Crippen molar-refractivity contribution < 1.29 is 0 Å². The standard InChI is InChI=1S/C17H24N2/c1-5-19-13(2)11-17(15(19)4)12-18-14(3)16-9-7-6-8-10-16/h6-11,14,18H,5,12H2,1-4H3/t14-/m1/s1. The highest BCUT2D eigenvalue weighted by molar-refractivity contribution is 5.27. The molecule has 0 fully saturated rings. The van der Waals surface area contributed by atoms with Gasteiger partial charge in [0, 0.05) is 30.5 Å². The first-order valence-corrected chi connectivity index (χ1v) is 7.07. The van der Waals surface area contributed by atoms with Crippen LogP contribution in [-0.2, 0) is 13.1 Å². The maximum atomic E-state index is 3.61. The summed E-state index contributed by atoms with van der Waals surface area (Å²) in [4.78, 5) is 0. The van der Waals surface area contributed by atoms with Crippen LogP contribution < -0.4 is 5.32 Å². The summed E-state index contributed by atoms with van der Waals surface area (Å²) >= 11 is 0. The van der Waals surface area contributed by atoms with E-state index in [1.165, 1.54) is 22.5 Å². The zero-order valence-electron chi connectivity index (χ0n) is 12.4. The number of hydrogen-bond acceptors (Lipinski definition) is 1. The zero-order chi connectivity index (χ0) is 13.8. The lowest BCUT2D eigenvalue weighted by Gasteiger charge is -2.14. The van der Waals surface area contributed by atoms with Crippen molar-refractivity contribution in [2.75, 3.05) is 0 Å². The number of aromatic nitrogens is 1. The van der Waals surface area contributed by atoms with Crippen molar-refractivity contribution in [3.8, 4) is 0 Å². The molecule has 2 aromatic rings. The molecule has 0 aliphatic rings. The minimum atomic E-state index is 0.380. The first-order valence-electron chi connectivity index (χ1n) is 7.07. The third-order valence-corrected chi connectivity index (χ3v) is 3.89. The fraction of sp³-hybridized carbons (Fsp3) is 0.412. The molecule has 0 aliphatic heterocycles. The van der Waals surface area contributed by atoms with Gasteiger partial charge >= 0.3 is 0 Å². The molecule has 0 spiro atoms. The zero-order valence-corrected chi connectivity index (χ0v) is 12.4. The van der Waals surface area contributed by atoms with E-state index in [-0.39, 0.29) is 0 Å². The topological polar surface area (TPSA) is 17.0 Å². The maximum absolute atomic E-state index is 3.61. The van der Waals surface area contributed by atoms with Crippen molar-refractivity contribution in [3.63, 3.8) is 0 Å². The summed E-state index contributed by atoms with van der Waals surface area (Å²) in [5.41, 5.74) is 5.48. The Kier molecular flexibility index (Phi) is 4.43. The predicted molar refractivity (Wildman–Crippen MR) is 81.3 cm³/mol. The molecule has 0 unspecified atom stereocenters. The molecule has 0 saturated carbocycles. The number of nitrogens with zero attached hydrogens (tertiary/aromatic N) is 1. The molecule has 1 atom stereocenters. The highest BCUT2D eigenvalue weighted by atomic mass is 15.0. The van der Waals surface area contributed by atoms with Crippen LogP contribution in [0.3, 0.4) is 0 Å². The van der Waals surface area contributed by atoms with Crippen molar-refractivity contribution in [2.24, 2.45) is 0 Å². The van der Waals surface area contributed by atoms with Crippen LogP contribution >= 0.6 is 0 Å². The molecule has 2 heteroatoms. The van der Waals surface area contributed by atoms with Crippen molar-refractivity contribution in [3.05, 3.63) is 58.9 Å². The average Bonchev–Trinajstić information content (AvgIpc) is 2.71. The quantitative estimate of drug-likeness (QED) is 0.856. The lowest BCUT2D eigenvalue weighted by molar-refractivity contribution is 0.571. The van der Waals surface area contributed by atoms with Crippen LogP contribution in [0.5, 0.6) is 0 Å². The Labute approximate surface area is 116 Å². The minimum Gasteiger partial charge on any atom is -0.349 e. The van der Waals surface area contributed by atoms with Gasteiger partial charge in [-0.2, -0.15) is 0 Å². The van der Waals surface area contributed by atoms with Crippen molar-refractivity contribution in [1.82, 2.24) is 9.88 Å². The second kappa shape index (κ2) is 6.07. The number of benzene rings is 1. The Balaban J connectivity index is 2.03. The lowest BCUT2D eigenvalue weighted by Crippen LogP contribution is -2.18. The number of aryl methyl sites for hydroxylation is 1. The second-order valence-corrected chi connectivity index (χ2v) is 5.15. The molecule has 1 heterocycles. The van der Waals surface area contributed by atoms with Gasteiger partial charge < -0.3 is 9.88 Å². The van der Waals surface area contributed by atoms with E-state index in [1.54, 1.807) is 0 Å². The van der Waals surface area contributed by atoms with E-state index in [1.807, 2.05) is 0 Å². The fourth-order valence-electron chi connectivity index (χ4n) is 2.66. The largest absolute Gasteiger partial charge is 0.349 e. The van der Waals surface area contributed by atoms with Gasteiger partial charge in [0.1, 0.15) is 0 Å². The molecule has 19 heavy (non-hydrogen) atoms. The van der Waals surface area contributed by atoms with Gasteiger partial charge in [-0.1, -0.05) is 30.3 Å². The molecular formula is C17H24N2. The van der Waals surface area contributed by atoms with Crippen molar-refractivity contribution in [2.45, 2.75) is 46.8 Å². The number of nitrogens with one attached hydrogen (secondary N) is 1. The van der Waals surface area contributed by atoms with Gasteiger partial charge in [0.15, 0.2) is 0 Å². The molecule has 2 nitrogen and oxygen atoms in total. The Hall–Kier alpha value is -1.54. The molecule has 0 bridgehead atoms. The van der Waals surface area contributed by atoms with Crippen LogP contribution in [0.4, 0.5) is 0 Å². The summed E-state index contributed by atoms with van der Waals surface area (Å²) in [7, 11) is 0. The highest BCUT2D eigenvalue weighted by Gasteiger charge is 2.09. The maximum Gasteiger partial charge on any atom is 0.0294 e. The van der Waals surface area contributed by atoms with Gasteiger partial charge in [0.2, 0.25) is 0 Å². The molecule has 1 aromatic heterocycles. The smallest absolute Gasteiger partial charge is 0.0294 e. The molecule has 1 N–H and O–H groups in total. The molecule has 0 amide bonds. The van der Waals surface area contributed by atoms with E-state index >= 15 is 0 Å². The first kappa shape index (κ1) is 13.9. The van der Waals surface area contributed by atoms with Crippen LogP contribution in [0.15, 0.2) is 36.4 Å². The van der Waals surface area contributed by atoms with Crippen LogP contribution in [0.25, 0.3) is 0 Å². The summed E-state index contributed by atoms with van der Waals surface area (Å²) in [6.07, 6.45) is 0.